The van der Waals surface area contributed by atoms with Crippen LogP contribution >= 0.6 is 0 Å². The zero-order chi connectivity index (χ0) is 14.8. The number of halogens is 1. The summed E-state index contributed by atoms with van der Waals surface area (Å²) in [6.07, 6.45) is 2.18. The molecule has 0 amide bonds. The standard InChI is InChI=1S/C18H20FNO/c1-12(16-11-14(19)8-10-18(16)21-2)20-17-9-7-13-5-3-4-6-15(13)17/h3-6,8,10-12,17,20H,7,9H2,1-2H3. The van der Waals surface area contributed by atoms with Gasteiger partial charge in [0.05, 0.1) is 7.11 Å². The molecule has 1 N–H and O–H groups in total. The number of benzene rings is 2. The summed E-state index contributed by atoms with van der Waals surface area (Å²) in [4.78, 5) is 0. The monoisotopic (exact) mass is 285 g/mol. The molecule has 2 unspecified atom stereocenters. The van der Waals surface area contributed by atoms with E-state index in [0.29, 0.717) is 6.04 Å². The lowest BCUT2D eigenvalue weighted by Crippen LogP contribution is -2.23. The highest BCUT2D eigenvalue weighted by Gasteiger charge is 2.24. The van der Waals surface area contributed by atoms with Gasteiger partial charge >= 0.3 is 0 Å². The average Bonchev–Trinajstić information content (AvgIpc) is 2.90. The van der Waals surface area contributed by atoms with Crippen LogP contribution in [0.2, 0.25) is 0 Å². The van der Waals surface area contributed by atoms with Gasteiger partial charge in [-0.2, -0.15) is 0 Å². The van der Waals surface area contributed by atoms with Crippen LogP contribution in [0.4, 0.5) is 4.39 Å². The second-order valence-corrected chi connectivity index (χ2v) is 5.56. The number of rotatable bonds is 4. The summed E-state index contributed by atoms with van der Waals surface area (Å²) in [5.74, 6) is 0.494. The highest BCUT2D eigenvalue weighted by atomic mass is 19.1. The maximum Gasteiger partial charge on any atom is 0.123 e. The maximum absolute atomic E-state index is 13.5. The first-order chi connectivity index (χ1) is 10.2. The fraction of sp³-hybridized carbons (Fsp3) is 0.333. The molecule has 0 spiro atoms. The van der Waals surface area contributed by atoms with Gasteiger partial charge in [-0.1, -0.05) is 24.3 Å². The van der Waals surface area contributed by atoms with Gasteiger partial charge in [-0.3, -0.25) is 0 Å². The van der Waals surface area contributed by atoms with E-state index in [1.54, 1.807) is 19.2 Å². The van der Waals surface area contributed by atoms with Crippen LogP contribution < -0.4 is 10.1 Å². The minimum atomic E-state index is -0.230. The van der Waals surface area contributed by atoms with Crippen molar-refractivity contribution in [3.63, 3.8) is 0 Å². The van der Waals surface area contributed by atoms with E-state index in [0.717, 1.165) is 24.2 Å². The third kappa shape index (κ3) is 2.79. The van der Waals surface area contributed by atoms with Crippen LogP contribution in [-0.4, -0.2) is 7.11 Å². The Morgan fingerprint density at radius 1 is 1.24 bits per heavy atom. The molecule has 2 atom stereocenters. The topological polar surface area (TPSA) is 21.3 Å². The minimum Gasteiger partial charge on any atom is -0.496 e. The quantitative estimate of drug-likeness (QED) is 0.910. The van der Waals surface area contributed by atoms with Crippen molar-refractivity contribution in [3.05, 3.63) is 65.0 Å². The van der Waals surface area contributed by atoms with E-state index in [1.807, 2.05) is 0 Å². The Bertz CT molecular complexity index is 641. The molecule has 2 nitrogen and oxygen atoms in total. The first-order valence-electron chi connectivity index (χ1n) is 7.36. The minimum absolute atomic E-state index is 0.0341. The van der Waals surface area contributed by atoms with Crippen LogP contribution in [0.15, 0.2) is 42.5 Å². The fourth-order valence-corrected chi connectivity index (χ4v) is 3.17. The number of nitrogens with one attached hydrogen (secondary N) is 1. The van der Waals surface area contributed by atoms with E-state index in [2.05, 4.69) is 36.5 Å². The van der Waals surface area contributed by atoms with Gasteiger partial charge in [0, 0.05) is 17.6 Å². The molecule has 0 fully saturated rings. The molecule has 3 heteroatoms. The Morgan fingerprint density at radius 2 is 2.05 bits per heavy atom. The Morgan fingerprint density at radius 3 is 2.86 bits per heavy atom. The van der Waals surface area contributed by atoms with Gasteiger partial charge in [-0.15, -0.1) is 0 Å². The number of fused-ring (bicyclic) bond motifs is 1. The molecule has 0 saturated heterocycles. The SMILES string of the molecule is COc1ccc(F)cc1C(C)NC1CCc2ccccc21. The summed E-state index contributed by atoms with van der Waals surface area (Å²) in [5.41, 5.74) is 3.63. The number of hydrogen-bond donors (Lipinski definition) is 1. The van der Waals surface area contributed by atoms with Crippen molar-refractivity contribution >= 4 is 0 Å². The van der Waals surface area contributed by atoms with E-state index in [1.165, 1.54) is 17.2 Å². The second kappa shape index (κ2) is 5.86. The third-order valence-corrected chi connectivity index (χ3v) is 4.24. The van der Waals surface area contributed by atoms with Crippen molar-refractivity contribution in [2.45, 2.75) is 31.8 Å². The lowest BCUT2D eigenvalue weighted by Gasteiger charge is -2.22. The molecule has 3 rings (SSSR count). The van der Waals surface area contributed by atoms with Crippen LogP contribution in [0.1, 0.15) is 42.1 Å². The summed E-state index contributed by atoms with van der Waals surface area (Å²) < 4.78 is 18.9. The molecule has 0 bridgehead atoms. The van der Waals surface area contributed by atoms with Gasteiger partial charge in [0.2, 0.25) is 0 Å². The molecule has 1 aliphatic rings. The van der Waals surface area contributed by atoms with E-state index in [-0.39, 0.29) is 11.9 Å². The highest BCUT2D eigenvalue weighted by molar-refractivity contribution is 5.38. The lowest BCUT2D eigenvalue weighted by atomic mass is 10.0. The average molecular weight is 285 g/mol. The molecule has 1 aliphatic carbocycles. The Hall–Kier alpha value is -1.87. The van der Waals surface area contributed by atoms with Crippen molar-refractivity contribution in [3.8, 4) is 5.75 Å². The largest absolute Gasteiger partial charge is 0.496 e. The molecule has 21 heavy (non-hydrogen) atoms. The van der Waals surface area contributed by atoms with Gasteiger partial charge in [0.25, 0.3) is 0 Å². The summed E-state index contributed by atoms with van der Waals surface area (Å²) in [5, 5.41) is 3.61. The summed E-state index contributed by atoms with van der Waals surface area (Å²) in [7, 11) is 1.62. The maximum atomic E-state index is 13.5. The fourth-order valence-electron chi connectivity index (χ4n) is 3.17. The smallest absolute Gasteiger partial charge is 0.123 e. The van der Waals surface area contributed by atoms with Crippen molar-refractivity contribution < 1.29 is 9.13 Å². The third-order valence-electron chi connectivity index (χ3n) is 4.24. The van der Waals surface area contributed by atoms with Crippen LogP contribution in [0.25, 0.3) is 0 Å². The normalized spacial score (nSPS) is 18.3. The molecule has 0 heterocycles. The van der Waals surface area contributed by atoms with Crippen molar-refractivity contribution in [1.29, 1.82) is 0 Å². The molecule has 0 aromatic heterocycles. The number of ether oxygens (including phenoxy) is 1. The summed E-state index contributed by atoms with van der Waals surface area (Å²) in [6, 6.07) is 13.5. The molecule has 2 aromatic carbocycles. The zero-order valence-electron chi connectivity index (χ0n) is 12.4. The van der Waals surface area contributed by atoms with Crippen LogP contribution in [0.3, 0.4) is 0 Å². The van der Waals surface area contributed by atoms with Crippen LogP contribution in [-0.2, 0) is 6.42 Å². The Labute approximate surface area is 125 Å². The second-order valence-electron chi connectivity index (χ2n) is 5.56. The van der Waals surface area contributed by atoms with Gasteiger partial charge in [0.15, 0.2) is 0 Å². The van der Waals surface area contributed by atoms with E-state index < -0.39 is 0 Å². The molecule has 110 valence electrons. The van der Waals surface area contributed by atoms with E-state index in [9.17, 15) is 4.39 Å². The van der Waals surface area contributed by atoms with Crippen LogP contribution in [0.5, 0.6) is 5.75 Å². The van der Waals surface area contributed by atoms with Gasteiger partial charge in [0.1, 0.15) is 11.6 Å². The molecule has 0 aliphatic heterocycles. The molecule has 0 saturated carbocycles. The van der Waals surface area contributed by atoms with E-state index >= 15 is 0 Å². The van der Waals surface area contributed by atoms with Crippen LogP contribution in [0, 0.1) is 5.82 Å². The first-order valence-corrected chi connectivity index (χ1v) is 7.36. The number of aryl methyl sites for hydroxylation is 1. The zero-order valence-corrected chi connectivity index (χ0v) is 12.4. The van der Waals surface area contributed by atoms with Crippen molar-refractivity contribution in [1.82, 2.24) is 5.32 Å². The van der Waals surface area contributed by atoms with Crippen molar-refractivity contribution in [2.24, 2.45) is 0 Å². The van der Waals surface area contributed by atoms with Gasteiger partial charge < -0.3 is 10.1 Å². The molecular weight excluding hydrogens is 265 g/mol. The van der Waals surface area contributed by atoms with E-state index in [4.69, 9.17) is 4.74 Å². The van der Waals surface area contributed by atoms with Gasteiger partial charge in [-0.25, -0.2) is 4.39 Å². The Balaban J connectivity index is 1.82. The highest BCUT2D eigenvalue weighted by Crippen LogP contribution is 2.34. The lowest BCUT2D eigenvalue weighted by molar-refractivity contribution is 0.391. The first kappa shape index (κ1) is 14.1. The molecule has 0 radical (unpaired) electrons. The number of hydrogen-bond acceptors (Lipinski definition) is 2. The number of methoxy groups -OCH3 is 1. The summed E-state index contributed by atoms with van der Waals surface area (Å²) in [6.45, 7) is 2.05. The Kier molecular flexibility index (Phi) is 3.93. The predicted molar refractivity (Wildman–Crippen MR) is 82.0 cm³/mol. The molecule has 2 aromatic rings. The molecular formula is C18H20FNO. The van der Waals surface area contributed by atoms with Crippen molar-refractivity contribution in [2.75, 3.05) is 7.11 Å². The summed E-state index contributed by atoms with van der Waals surface area (Å²) >= 11 is 0. The predicted octanol–water partition coefficient (Wildman–Crippen LogP) is 4.17. The van der Waals surface area contributed by atoms with Gasteiger partial charge in [-0.05, 0) is 49.1 Å².